The van der Waals surface area contributed by atoms with Crippen LogP contribution in [0.25, 0.3) is 0 Å². The molecule has 1 aromatic carbocycles. The number of benzene rings is 1. The van der Waals surface area contributed by atoms with Crippen molar-refractivity contribution < 1.29 is 4.79 Å². The molecule has 1 saturated heterocycles. The van der Waals surface area contributed by atoms with E-state index in [0.717, 1.165) is 23.6 Å². The Bertz CT molecular complexity index is 413. The highest BCUT2D eigenvalue weighted by molar-refractivity contribution is 7.99. The van der Waals surface area contributed by atoms with Gasteiger partial charge in [0.05, 0.1) is 6.04 Å². The molecule has 3 nitrogen and oxygen atoms in total. The summed E-state index contributed by atoms with van der Waals surface area (Å²) >= 11 is 1.92. The average molecular weight is 278 g/mol. The second-order valence-electron chi connectivity index (χ2n) is 5.13. The van der Waals surface area contributed by atoms with Crippen LogP contribution in [0.15, 0.2) is 24.3 Å². The lowest BCUT2D eigenvalue weighted by Gasteiger charge is -2.23. The fourth-order valence-corrected chi connectivity index (χ4v) is 3.16. The zero-order chi connectivity index (χ0) is 13.7. The van der Waals surface area contributed by atoms with Crippen molar-refractivity contribution in [1.82, 2.24) is 10.6 Å². The van der Waals surface area contributed by atoms with Gasteiger partial charge >= 0.3 is 0 Å². The summed E-state index contributed by atoms with van der Waals surface area (Å²) in [5.41, 5.74) is 2.40. The van der Waals surface area contributed by atoms with E-state index in [1.165, 1.54) is 5.56 Å². The van der Waals surface area contributed by atoms with Crippen LogP contribution in [0, 0.1) is 6.92 Å². The summed E-state index contributed by atoms with van der Waals surface area (Å²) in [5.74, 6) is 2.32. The molecule has 2 rings (SSSR count). The Balaban J connectivity index is 1.82. The molecular weight excluding hydrogens is 256 g/mol. The van der Waals surface area contributed by atoms with Gasteiger partial charge in [-0.25, -0.2) is 0 Å². The number of hydrogen-bond acceptors (Lipinski definition) is 3. The Morgan fingerprint density at radius 3 is 2.84 bits per heavy atom. The minimum Gasteiger partial charge on any atom is -0.350 e. The first-order chi connectivity index (χ1) is 9.15. The maximum Gasteiger partial charge on any atom is 0.222 e. The van der Waals surface area contributed by atoms with Crippen LogP contribution in [0.1, 0.15) is 30.5 Å². The Morgan fingerprint density at radius 2 is 2.21 bits per heavy atom. The zero-order valence-corrected chi connectivity index (χ0v) is 12.4. The third-order valence-electron chi connectivity index (χ3n) is 3.39. The van der Waals surface area contributed by atoms with Gasteiger partial charge in [0.2, 0.25) is 5.91 Å². The zero-order valence-electron chi connectivity index (χ0n) is 11.6. The average Bonchev–Trinajstić information content (AvgIpc) is 2.40. The van der Waals surface area contributed by atoms with Gasteiger partial charge in [0.25, 0.3) is 0 Å². The second-order valence-corrected chi connectivity index (χ2v) is 6.28. The number of carbonyl (C=O) groups excluding carboxylic acids is 1. The highest BCUT2D eigenvalue weighted by Gasteiger charge is 2.18. The van der Waals surface area contributed by atoms with Crippen molar-refractivity contribution in [2.24, 2.45) is 0 Å². The van der Waals surface area contributed by atoms with Crippen molar-refractivity contribution in [2.45, 2.75) is 32.4 Å². The molecule has 0 radical (unpaired) electrons. The molecule has 1 aliphatic rings. The van der Waals surface area contributed by atoms with Crippen LogP contribution in [0.4, 0.5) is 0 Å². The first-order valence-electron chi connectivity index (χ1n) is 6.82. The molecule has 0 bridgehead atoms. The van der Waals surface area contributed by atoms with Gasteiger partial charge in [0.15, 0.2) is 0 Å². The predicted molar refractivity (Wildman–Crippen MR) is 81.5 cm³/mol. The van der Waals surface area contributed by atoms with E-state index in [1.54, 1.807) is 0 Å². The van der Waals surface area contributed by atoms with Crippen molar-refractivity contribution in [3.8, 4) is 0 Å². The molecule has 1 fully saturated rings. The van der Waals surface area contributed by atoms with Crippen LogP contribution in [-0.4, -0.2) is 30.0 Å². The summed E-state index contributed by atoms with van der Waals surface area (Å²) in [6, 6.07) is 8.71. The Labute approximate surface area is 119 Å². The highest BCUT2D eigenvalue weighted by atomic mass is 32.2. The predicted octanol–water partition coefficient (Wildman–Crippen LogP) is 2.27. The molecule has 1 amide bonds. The second kappa shape index (κ2) is 6.96. The lowest BCUT2D eigenvalue weighted by Crippen LogP contribution is -2.41. The molecule has 19 heavy (non-hydrogen) atoms. The number of amides is 1. The van der Waals surface area contributed by atoms with Gasteiger partial charge in [-0.2, -0.15) is 11.8 Å². The molecule has 2 atom stereocenters. The Morgan fingerprint density at radius 1 is 1.47 bits per heavy atom. The fourth-order valence-electron chi connectivity index (χ4n) is 2.21. The maximum atomic E-state index is 12.0. The van der Waals surface area contributed by atoms with Crippen molar-refractivity contribution >= 4 is 17.7 Å². The minimum atomic E-state index is 0.0735. The van der Waals surface area contributed by atoms with Gasteiger partial charge in [-0.1, -0.05) is 29.8 Å². The molecule has 0 aromatic heterocycles. The monoisotopic (exact) mass is 278 g/mol. The number of hydrogen-bond donors (Lipinski definition) is 2. The fraction of sp³-hybridized carbons (Fsp3) is 0.533. The van der Waals surface area contributed by atoms with Gasteiger partial charge in [-0.3, -0.25) is 4.79 Å². The molecule has 1 aliphatic heterocycles. The molecule has 0 saturated carbocycles. The van der Waals surface area contributed by atoms with Crippen molar-refractivity contribution in [1.29, 1.82) is 0 Å². The molecular formula is C15H22N2OS. The first-order valence-corrected chi connectivity index (χ1v) is 7.97. The van der Waals surface area contributed by atoms with Gasteiger partial charge in [-0.15, -0.1) is 0 Å². The summed E-state index contributed by atoms with van der Waals surface area (Å²) in [6.07, 6.45) is 0.573. The van der Waals surface area contributed by atoms with Crippen LogP contribution in [0.3, 0.4) is 0 Å². The van der Waals surface area contributed by atoms with E-state index in [0.29, 0.717) is 12.5 Å². The van der Waals surface area contributed by atoms with Crippen LogP contribution in [-0.2, 0) is 4.79 Å². The third kappa shape index (κ3) is 4.55. The number of thioether (sulfide) groups is 1. The number of aryl methyl sites for hydroxylation is 1. The van der Waals surface area contributed by atoms with Gasteiger partial charge in [0.1, 0.15) is 0 Å². The van der Waals surface area contributed by atoms with Crippen LogP contribution < -0.4 is 10.6 Å². The van der Waals surface area contributed by atoms with E-state index in [4.69, 9.17) is 0 Å². The van der Waals surface area contributed by atoms with Gasteiger partial charge in [-0.05, 0) is 19.4 Å². The molecule has 1 aromatic rings. The third-order valence-corrected chi connectivity index (χ3v) is 4.52. The van der Waals surface area contributed by atoms with E-state index in [2.05, 4.69) is 41.8 Å². The number of rotatable bonds is 4. The summed E-state index contributed by atoms with van der Waals surface area (Å²) < 4.78 is 0. The normalized spacial score (nSPS) is 20.8. The number of nitrogens with one attached hydrogen (secondary N) is 2. The lowest BCUT2D eigenvalue weighted by molar-refractivity contribution is -0.122. The Kier molecular flexibility index (Phi) is 5.28. The van der Waals surface area contributed by atoms with E-state index < -0.39 is 0 Å². The summed E-state index contributed by atoms with van der Waals surface area (Å²) in [7, 11) is 0. The van der Waals surface area contributed by atoms with Gasteiger partial charge in [0, 0.05) is 30.5 Å². The quantitative estimate of drug-likeness (QED) is 0.887. The van der Waals surface area contributed by atoms with E-state index in [-0.39, 0.29) is 11.9 Å². The minimum absolute atomic E-state index is 0.0735. The largest absolute Gasteiger partial charge is 0.350 e. The van der Waals surface area contributed by atoms with Gasteiger partial charge < -0.3 is 10.6 Å². The maximum absolute atomic E-state index is 12.0. The summed E-state index contributed by atoms with van der Waals surface area (Å²) in [5, 5.41) is 6.46. The van der Waals surface area contributed by atoms with Crippen molar-refractivity contribution in [3.63, 3.8) is 0 Å². The molecule has 104 valence electrons. The van der Waals surface area contributed by atoms with Crippen LogP contribution >= 0.6 is 11.8 Å². The Hall–Kier alpha value is -1.00. The lowest BCUT2D eigenvalue weighted by atomic mass is 10.1. The topological polar surface area (TPSA) is 41.1 Å². The van der Waals surface area contributed by atoms with Crippen molar-refractivity contribution in [2.75, 3.05) is 18.1 Å². The first kappa shape index (κ1) is 14.4. The summed E-state index contributed by atoms with van der Waals surface area (Å²) in [6.45, 7) is 5.11. The smallest absolute Gasteiger partial charge is 0.222 e. The van der Waals surface area contributed by atoms with E-state index in [1.807, 2.05) is 18.7 Å². The molecule has 2 N–H and O–H groups in total. The molecule has 0 spiro atoms. The van der Waals surface area contributed by atoms with Crippen LogP contribution in [0.5, 0.6) is 0 Å². The molecule has 0 aliphatic carbocycles. The van der Waals surface area contributed by atoms with Crippen molar-refractivity contribution in [3.05, 3.63) is 35.4 Å². The summed E-state index contributed by atoms with van der Waals surface area (Å²) in [4.78, 5) is 12.0. The molecule has 1 heterocycles. The van der Waals surface area contributed by atoms with Crippen LogP contribution in [0.2, 0.25) is 0 Å². The van der Waals surface area contributed by atoms with E-state index >= 15 is 0 Å². The highest BCUT2D eigenvalue weighted by Crippen LogP contribution is 2.14. The number of carbonyl (C=O) groups is 1. The molecule has 2 unspecified atom stereocenters. The standard InChI is InChI=1S/C15H22N2OS/c1-11-3-5-13(6-4-11)12(2)17-15(18)9-14-10-19-8-7-16-14/h3-6,12,14,16H,7-10H2,1-2H3,(H,17,18). The SMILES string of the molecule is Cc1ccc(C(C)NC(=O)CC2CSCCN2)cc1. The van der Waals surface area contributed by atoms with E-state index in [9.17, 15) is 4.79 Å². The molecule has 4 heteroatoms.